The van der Waals surface area contributed by atoms with Crippen LogP contribution in [0, 0.1) is 6.92 Å². The Hall–Kier alpha value is -0.930. The van der Waals surface area contributed by atoms with Gasteiger partial charge in [-0.05, 0) is 25.3 Å². The Labute approximate surface area is 100 Å². The van der Waals surface area contributed by atoms with Gasteiger partial charge in [-0.15, -0.1) is 0 Å². The summed E-state index contributed by atoms with van der Waals surface area (Å²) >= 11 is 6.17. The molecule has 1 aromatic carbocycles. The Bertz CT molecular complexity index is 428. The van der Waals surface area contributed by atoms with E-state index in [0.717, 1.165) is 24.0 Å². The van der Waals surface area contributed by atoms with Crippen LogP contribution in [0.3, 0.4) is 0 Å². The average Bonchev–Trinajstić information content (AvgIpc) is 3.00. The van der Waals surface area contributed by atoms with Gasteiger partial charge in [-0.3, -0.25) is 0 Å². The minimum Gasteiger partial charge on any atom is -0.493 e. The number of halogens is 1. The monoisotopic (exact) mass is 241 g/mol. The van der Waals surface area contributed by atoms with E-state index in [1.807, 2.05) is 6.92 Å². The summed E-state index contributed by atoms with van der Waals surface area (Å²) in [6, 6.07) is 1.77. The highest BCUT2D eigenvalue weighted by Crippen LogP contribution is 2.52. The number of methoxy groups -OCH3 is 2. The van der Waals surface area contributed by atoms with Gasteiger partial charge in [0.15, 0.2) is 11.5 Å². The van der Waals surface area contributed by atoms with Crippen LogP contribution in [0.2, 0.25) is 5.02 Å². The molecule has 0 atom stereocenters. The van der Waals surface area contributed by atoms with Gasteiger partial charge >= 0.3 is 0 Å². The molecular weight excluding hydrogens is 226 g/mol. The SMILES string of the molecule is COc1cc(Cl)c(C)c(C2(N)CC2)c1OC. The van der Waals surface area contributed by atoms with E-state index in [9.17, 15) is 0 Å². The molecule has 0 aromatic heterocycles. The number of ether oxygens (including phenoxy) is 2. The number of hydrogen-bond donors (Lipinski definition) is 1. The largest absolute Gasteiger partial charge is 0.493 e. The highest BCUT2D eigenvalue weighted by molar-refractivity contribution is 6.31. The summed E-state index contributed by atoms with van der Waals surface area (Å²) in [5.41, 5.74) is 7.93. The maximum Gasteiger partial charge on any atom is 0.166 e. The normalized spacial score (nSPS) is 17.1. The van der Waals surface area contributed by atoms with E-state index in [4.69, 9.17) is 26.8 Å². The van der Waals surface area contributed by atoms with Crippen LogP contribution in [0.4, 0.5) is 0 Å². The first-order valence-electron chi connectivity index (χ1n) is 5.24. The van der Waals surface area contributed by atoms with E-state index >= 15 is 0 Å². The predicted molar refractivity (Wildman–Crippen MR) is 64.4 cm³/mol. The lowest BCUT2D eigenvalue weighted by atomic mass is 9.98. The van der Waals surface area contributed by atoms with E-state index in [1.54, 1.807) is 20.3 Å². The zero-order valence-electron chi connectivity index (χ0n) is 9.76. The molecule has 0 saturated heterocycles. The first kappa shape index (κ1) is 11.6. The summed E-state index contributed by atoms with van der Waals surface area (Å²) < 4.78 is 10.7. The van der Waals surface area contributed by atoms with Crippen molar-refractivity contribution in [1.29, 1.82) is 0 Å². The number of rotatable bonds is 3. The second-order valence-corrected chi connectivity index (χ2v) is 4.66. The highest BCUT2D eigenvalue weighted by atomic mass is 35.5. The van der Waals surface area contributed by atoms with E-state index in [1.165, 1.54) is 0 Å². The van der Waals surface area contributed by atoms with Crippen LogP contribution >= 0.6 is 11.6 Å². The molecule has 0 amide bonds. The molecule has 1 fully saturated rings. The van der Waals surface area contributed by atoms with Crippen molar-refractivity contribution < 1.29 is 9.47 Å². The van der Waals surface area contributed by atoms with E-state index in [2.05, 4.69) is 0 Å². The molecule has 1 aliphatic rings. The van der Waals surface area contributed by atoms with Gasteiger partial charge in [-0.2, -0.15) is 0 Å². The van der Waals surface area contributed by atoms with Crippen molar-refractivity contribution in [3.63, 3.8) is 0 Å². The van der Waals surface area contributed by atoms with Crippen LogP contribution < -0.4 is 15.2 Å². The number of nitrogens with two attached hydrogens (primary N) is 1. The molecule has 1 aliphatic carbocycles. The summed E-state index contributed by atoms with van der Waals surface area (Å²) in [4.78, 5) is 0. The molecule has 0 unspecified atom stereocenters. The summed E-state index contributed by atoms with van der Waals surface area (Å²) in [6.45, 7) is 1.96. The van der Waals surface area contributed by atoms with Gasteiger partial charge in [0.2, 0.25) is 0 Å². The Kier molecular flexibility index (Phi) is 2.76. The van der Waals surface area contributed by atoms with Crippen LogP contribution in [0.25, 0.3) is 0 Å². The molecule has 0 heterocycles. The van der Waals surface area contributed by atoms with Gasteiger partial charge in [-0.25, -0.2) is 0 Å². The Morgan fingerprint density at radius 2 is 1.94 bits per heavy atom. The first-order valence-corrected chi connectivity index (χ1v) is 5.61. The standard InChI is InChI=1S/C12H16ClNO2/c1-7-8(13)6-9(15-2)11(16-3)10(7)12(14)4-5-12/h6H,4-5,14H2,1-3H3. The van der Waals surface area contributed by atoms with Gasteiger partial charge in [0.25, 0.3) is 0 Å². The van der Waals surface area contributed by atoms with E-state index in [-0.39, 0.29) is 5.54 Å². The van der Waals surface area contributed by atoms with Crippen LogP contribution in [0.15, 0.2) is 6.07 Å². The Morgan fingerprint density at radius 1 is 1.31 bits per heavy atom. The van der Waals surface area contributed by atoms with Crippen molar-refractivity contribution in [1.82, 2.24) is 0 Å². The van der Waals surface area contributed by atoms with E-state index < -0.39 is 0 Å². The maximum atomic E-state index is 6.24. The van der Waals surface area contributed by atoms with Crippen molar-refractivity contribution in [3.05, 3.63) is 22.2 Å². The lowest BCUT2D eigenvalue weighted by molar-refractivity contribution is 0.348. The summed E-state index contributed by atoms with van der Waals surface area (Å²) in [5, 5.41) is 0.671. The molecular formula is C12H16ClNO2. The van der Waals surface area contributed by atoms with Crippen molar-refractivity contribution in [2.24, 2.45) is 5.73 Å². The second-order valence-electron chi connectivity index (χ2n) is 4.25. The topological polar surface area (TPSA) is 44.5 Å². The third-order valence-electron chi connectivity index (χ3n) is 3.15. The van der Waals surface area contributed by atoms with Crippen LogP contribution in [-0.2, 0) is 5.54 Å². The molecule has 4 heteroatoms. The minimum atomic E-state index is -0.284. The highest BCUT2D eigenvalue weighted by Gasteiger charge is 2.44. The van der Waals surface area contributed by atoms with E-state index in [0.29, 0.717) is 16.5 Å². The Balaban J connectivity index is 2.67. The average molecular weight is 242 g/mol. The summed E-state index contributed by atoms with van der Waals surface area (Å²) in [5.74, 6) is 1.36. The maximum absolute atomic E-state index is 6.24. The fraction of sp³-hybridized carbons (Fsp3) is 0.500. The van der Waals surface area contributed by atoms with Crippen LogP contribution in [0.1, 0.15) is 24.0 Å². The van der Waals surface area contributed by atoms with Crippen molar-refractivity contribution >= 4 is 11.6 Å². The molecule has 16 heavy (non-hydrogen) atoms. The molecule has 2 rings (SSSR count). The van der Waals surface area contributed by atoms with Crippen LogP contribution in [0.5, 0.6) is 11.5 Å². The van der Waals surface area contributed by atoms with Gasteiger partial charge in [0.05, 0.1) is 14.2 Å². The molecule has 2 N–H and O–H groups in total. The predicted octanol–water partition coefficient (Wildman–Crippen LogP) is 2.61. The summed E-state index contributed by atoms with van der Waals surface area (Å²) in [7, 11) is 3.23. The quantitative estimate of drug-likeness (QED) is 0.885. The third-order valence-corrected chi connectivity index (χ3v) is 3.55. The lowest BCUT2D eigenvalue weighted by Gasteiger charge is -2.20. The molecule has 1 aromatic rings. The second kappa shape index (κ2) is 3.82. The fourth-order valence-electron chi connectivity index (χ4n) is 2.04. The smallest absolute Gasteiger partial charge is 0.166 e. The first-order chi connectivity index (χ1) is 7.53. The minimum absolute atomic E-state index is 0.284. The van der Waals surface area contributed by atoms with Gasteiger partial charge < -0.3 is 15.2 Å². The number of benzene rings is 1. The van der Waals surface area contributed by atoms with Crippen molar-refractivity contribution in [2.45, 2.75) is 25.3 Å². The Morgan fingerprint density at radius 3 is 2.38 bits per heavy atom. The molecule has 0 aliphatic heterocycles. The van der Waals surface area contributed by atoms with Gasteiger partial charge in [-0.1, -0.05) is 11.6 Å². The van der Waals surface area contributed by atoms with Gasteiger partial charge in [0, 0.05) is 22.2 Å². The molecule has 0 bridgehead atoms. The van der Waals surface area contributed by atoms with Crippen molar-refractivity contribution in [3.8, 4) is 11.5 Å². The molecule has 0 radical (unpaired) electrons. The molecule has 1 saturated carbocycles. The molecule has 3 nitrogen and oxygen atoms in total. The lowest BCUT2D eigenvalue weighted by Crippen LogP contribution is -2.21. The van der Waals surface area contributed by atoms with Gasteiger partial charge in [0.1, 0.15) is 0 Å². The zero-order chi connectivity index (χ0) is 11.9. The zero-order valence-corrected chi connectivity index (χ0v) is 10.5. The fourth-order valence-corrected chi connectivity index (χ4v) is 2.23. The molecule has 88 valence electrons. The third kappa shape index (κ3) is 1.64. The summed E-state index contributed by atoms with van der Waals surface area (Å²) in [6.07, 6.45) is 1.93. The molecule has 0 spiro atoms. The number of hydrogen-bond acceptors (Lipinski definition) is 3. The van der Waals surface area contributed by atoms with Crippen LogP contribution in [-0.4, -0.2) is 14.2 Å². The van der Waals surface area contributed by atoms with Crippen molar-refractivity contribution in [2.75, 3.05) is 14.2 Å².